The van der Waals surface area contributed by atoms with Crippen LogP contribution in [-0.4, -0.2) is 49.2 Å². The minimum absolute atomic E-state index is 0.0417. The van der Waals surface area contributed by atoms with Gasteiger partial charge in [-0.3, -0.25) is 9.36 Å². The molecule has 5 rings (SSSR count). The molecule has 0 spiro atoms. The van der Waals surface area contributed by atoms with Gasteiger partial charge in [-0.2, -0.15) is 15.2 Å². The molecule has 3 aromatic rings. The van der Waals surface area contributed by atoms with Crippen LogP contribution >= 0.6 is 11.6 Å². The third-order valence-electron chi connectivity index (χ3n) is 6.81. The van der Waals surface area contributed by atoms with Crippen molar-refractivity contribution in [2.75, 3.05) is 29.9 Å². The third-order valence-corrected chi connectivity index (χ3v) is 7.13. The zero-order chi connectivity index (χ0) is 27.5. The lowest BCUT2D eigenvalue weighted by Gasteiger charge is -2.27. The second-order valence-electron chi connectivity index (χ2n) is 10.7. The zero-order valence-corrected chi connectivity index (χ0v) is 22.2. The summed E-state index contributed by atoms with van der Waals surface area (Å²) in [6.45, 7) is 8.21. The van der Waals surface area contributed by atoms with Gasteiger partial charge in [0.2, 0.25) is 5.95 Å². The maximum atomic E-state index is 13.9. The summed E-state index contributed by atoms with van der Waals surface area (Å²) in [4.78, 5) is 40.9. The summed E-state index contributed by atoms with van der Waals surface area (Å²) in [6.07, 6.45) is -0.367. The normalized spacial score (nSPS) is 21.1. The molecule has 1 unspecified atom stereocenters. The van der Waals surface area contributed by atoms with Gasteiger partial charge < -0.3 is 26.4 Å². The zero-order valence-electron chi connectivity index (χ0n) is 21.4. The fraction of sp³-hybridized carbons (Fsp3) is 0.440. The fourth-order valence-electron chi connectivity index (χ4n) is 5.15. The Morgan fingerprint density at radius 1 is 1.24 bits per heavy atom. The molecule has 198 valence electrons. The van der Waals surface area contributed by atoms with Gasteiger partial charge in [-0.15, -0.1) is 0 Å². The van der Waals surface area contributed by atoms with Crippen molar-refractivity contribution in [2.45, 2.75) is 45.4 Å². The van der Waals surface area contributed by atoms with Gasteiger partial charge >= 0.3 is 6.09 Å². The van der Waals surface area contributed by atoms with Gasteiger partial charge in [-0.05, 0) is 39.8 Å². The molecule has 1 amide bonds. The molecule has 13 heteroatoms. The van der Waals surface area contributed by atoms with Crippen molar-refractivity contribution < 1.29 is 9.53 Å². The second-order valence-corrected chi connectivity index (χ2v) is 11.1. The first-order valence-corrected chi connectivity index (χ1v) is 12.6. The molecule has 5 N–H and O–H groups in total. The number of anilines is 3. The van der Waals surface area contributed by atoms with Crippen molar-refractivity contribution in [2.24, 2.45) is 11.8 Å². The lowest BCUT2D eigenvalue weighted by atomic mass is 10.2. The first kappa shape index (κ1) is 25.5. The van der Waals surface area contributed by atoms with Crippen LogP contribution in [0.3, 0.4) is 0 Å². The number of halogens is 1. The van der Waals surface area contributed by atoms with Crippen molar-refractivity contribution in [1.82, 2.24) is 24.4 Å². The lowest BCUT2D eigenvalue weighted by molar-refractivity contribution is 0.0266. The Morgan fingerprint density at radius 2 is 1.92 bits per heavy atom. The van der Waals surface area contributed by atoms with Crippen LogP contribution in [0.15, 0.2) is 23.0 Å². The van der Waals surface area contributed by atoms with E-state index in [-0.39, 0.29) is 52.7 Å². The first-order chi connectivity index (χ1) is 17.9. The highest BCUT2D eigenvalue weighted by Gasteiger charge is 2.59. The Hall–Kier alpha value is -4.11. The smallest absolute Gasteiger partial charge is 0.410 e. The summed E-state index contributed by atoms with van der Waals surface area (Å²) in [5.41, 5.74) is 11.3. The SMILES string of the molecule is C[C@H](Nc1nc(N)nc(N)c1C#N)c1nc2cccc(Cl)c2c(=O)n1C1[C@H]2CN(C(=O)OC(C)(C)C)C[C@@H]12. The Bertz CT molecular complexity index is 1550. The standard InChI is InChI=1S/C25H28ClN9O3/c1-11(30-20-12(8-27)19(28)32-23(29)33-20)21-31-16-7-5-6-15(26)17(16)22(36)35(21)18-13-9-34(10-14(13)18)24(37)38-25(2,3)4/h5-7,11,13-14,18H,9-10H2,1-4H3,(H5,28,29,30,32,33)/t11-,13-,14+,18?/m0/s1. The molecule has 2 fully saturated rings. The number of hydrogen-bond donors (Lipinski definition) is 3. The summed E-state index contributed by atoms with van der Waals surface area (Å²) in [5, 5.41) is 13.3. The molecule has 4 atom stereocenters. The predicted molar refractivity (Wildman–Crippen MR) is 142 cm³/mol. The average Bonchev–Trinajstić information content (AvgIpc) is 3.27. The Morgan fingerprint density at radius 3 is 2.55 bits per heavy atom. The van der Waals surface area contributed by atoms with E-state index in [1.807, 2.05) is 26.8 Å². The molecule has 2 aliphatic rings. The van der Waals surface area contributed by atoms with Crippen molar-refractivity contribution in [3.05, 3.63) is 45.0 Å². The van der Waals surface area contributed by atoms with Gasteiger partial charge in [0, 0.05) is 31.0 Å². The number of aromatic nitrogens is 4. The summed E-state index contributed by atoms with van der Waals surface area (Å²) in [7, 11) is 0. The molecule has 1 aliphatic heterocycles. The van der Waals surface area contributed by atoms with Crippen LogP contribution in [0.5, 0.6) is 0 Å². The number of nitrogens with one attached hydrogen (secondary N) is 1. The van der Waals surface area contributed by atoms with Crippen LogP contribution in [0.2, 0.25) is 5.02 Å². The summed E-state index contributed by atoms with van der Waals surface area (Å²) < 4.78 is 7.18. The molecule has 1 saturated carbocycles. The van der Waals surface area contributed by atoms with E-state index in [4.69, 9.17) is 32.8 Å². The average molecular weight is 538 g/mol. The van der Waals surface area contributed by atoms with Gasteiger partial charge in [-0.25, -0.2) is 9.78 Å². The van der Waals surface area contributed by atoms with Crippen molar-refractivity contribution in [1.29, 1.82) is 5.26 Å². The fourth-order valence-corrected chi connectivity index (χ4v) is 5.40. The largest absolute Gasteiger partial charge is 0.444 e. The van der Waals surface area contributed by atoms with E-state index in [2.05, 4.69) is 15.3 Å². The number of nitriles is 1. The molecule has 1 aromatic carbocycles. The van der Waals surface area contributed by atoms with Crippen LogP contribution in [0, 0.1) is 23.2 Å². The van der Waals surface area contributed by atoms with E-state index in [0.29, 0.717) is 34.8 Å². The Labute approximate surface area is 223 Å². The van der Waals surface area contributed by atoms with Crippen molar-refractivity contribution in [3.8, 4) is 6.07 Å². The molecular weight excluding hydrogens is 510 g/mol. The van der Waals surface area contributed by atoms with Gasteiger partial charge in [0.1, 0.15) is 28.9 Å². The quantitative estimate of drug-likeness (QED) is 0.447. The summed E-state index contributed by atoms with van der Waals surface area (Å²) >= 11 is 6.42. The van der Waals surface area contributed by atoms with Gasteiger partial charge in [0.05, 0.1) is 22.0 Å². The minimum Gasteiger partial charge on any atom is -0.444 e. The van der Waals surface area contributed by atoms with Gasteiger partial charge in [-0.1, -0.05) is 17.7 Å². The molecule has 38 heavy (non-hydrogen) atoms. The van der Waals surface area contributed by atoms with Crippen molar-refractivity contribution >= 4 is 46.2 Å². The number of nitrogen functional groups attached to an aromatic ring is 2. The summed E-state index contributed by atoms with van der Waals surface area (Å²) in [5.74, 6) is 0.563. The second kappa shape index (κ2) is 9.02. The molecular formula is C25H28ClN9O3. The molecule has 3 heterocycles. The van der Waals surface area contributed by atoms with E-state index < -0.39 is 11.6 Å². The Kier molecular flexibility index (Phi) is 6.06. The number of rotatable bonds is 4. The molecule has 2 aromatic heterocycles. The van der Waals surface area contributed by atoms with E-state index in [9.17, 15) is 14.9 Å². The Balaban J connectivity index is 1.52. The van der Waals surface area contributed by atoms with Crippen LogP contribution in [0.1, 0.15) is 51.2 Å². The van der Waals surface area contributed by atoms with E-state index >= 15 is 0 Å². The van der Waals surface area contributed by atoms with E-state index in [1.54, 1.807) is 34.6 Å². The van der Waals surface area contributed by atoms with Crippen LogP contribution in [0.4, 0.5) is 22.4 Å². The van der Waals surface area contributed by atoms with Crippen LogP contribution in [0.25, 0.3) is 10.9 Å². The lowest BCUT2D eigenvalue weighted by Crippen LogP contribution is -2.38. The number of ether oxygens (including phenoxy) is 1. The molecule has 12 nitrogen and oxygen atoms in total. The number of piperidine rings is 1. The van der Waals surface area contributed by atoms with Crippen LogP contribution in [-0.2, 0) is 4.74 Å². The number of nitrogens with two attached hydrogens (primary N) is 2. The minimum atomic E-state index is -0.594. The predicted octanol–water partition coefficient (Wildman–Crippen LogP) is 3.09. The monoisotopic (exact) mass is 537 g/mol. The molecule has 0 radical (unpaired) electrons. The third kappa shape index (κ3) is 4.43. The number of benzene rings is 1. The number of fused-ring (bicyclic) bond motifs is 2. The number of likely N-dealkylation sites (tertiary alicyclic amines) is 1. The molecule has 1 saturated heterocycles. The van der Waals surface area contributed by atoms with Gasteiger partial charge in [0.15, 0.2) is 5.82 Å². The van der Waals surface area contributed by atoms with Crippen molar-refractivity contribution in [3.63, 3.8) is 0 Å². The topological polar surface area (TPSA) is 178 Å². The van der Waals surface area contributed by atoms with E-state index in [1.165, 1.54) is 0 Å². The first-order valence-electron chi connectivity index (χ1n) is 12.2. The van der Waals surface area contributed by atoms with E-state index in [0.717, 1.165) is 0 Å². The highest BCUT2D eigenvalue weighted by Crippen LogP contribution is 2.55. The number of carbonyl (C=O) groups is 1. The van der Waals surface area contributed by atoms with Crippen LogP contribution < -0.4 is 22.3 Å². The number of hydrogen-bond acceptors (Lipinski definition) is 10. The molecule has 0 bridgehead atoms. The molecule has 1 aliphatic carbocycles. The maximum Gasteiger partial charge on any atom is 0.410 e. The number of amides is 1. The number of nitrogens with zero attached hydrogens (tertiary/aromatic N) is 6. The van der Waals surface area contributed by atoms with Gasteiger partial charge in [0.25, 0.3) is 5.56 Å². The number of carbonyl (C=O) groups excluding carboxylic acids is 1. The maximum absolute atomic E-state index is 13.9. The highest BCUT2D eigenvalue weighted by atomic mass is 35.5. The highest BCUT2D eigenvalue weighted by molar-refractivity contribution is 6.35. The summed E-state index contributed by atoms with van der Waals surface area (Å²) in [6, 6.07) is 6.35.